The van der Waals surface area contributed by atoms with Gasteiger partial charge in [-0.2, -0.15) is 0 Å². The first-order valence-electron chi connectivity index (χ1n) is 11.9. The minimum absolute atomic E-state index is 0.136. The fourth-order valence-electron chi connectivity index (χ4n) is 4.47. The molecule has 1 atom stereocenters. The minimum Gasteiger partial charge on any atom is -0.357 e. The first kappa shape index (κ1) is 25.7. The normalized spacial score (nSPS) is 11.8. The largest absolute Gasteiger partial charge is 0.357 e. The molecule has 4 aromatic rings. The van der Waals surface area contributed by atoms with Crippen molar-refractivity contribution in [2.75, 3.05) is 7.05 Å². The van der Waals surface area contributed by atoms with Crippen molar-refractivity contribution in [3.63, 3.8) is 0 Å². The highest BCUT2D eigenvalue weighted by atomic mass is 35.5. The molecule has 36 heavy (non-hydrogen) atoms. The lowest BCUT2D eigenvalue weighted by Gasteiger charge is -2.32. The first-order chi connectivity index (χ1) is 17.5. The number of carbonyl (C=O) groups excluding carboxylic acids is 2. The molecule has 0 spiro atoms. The predicted molar refractivity (Wildman–Crippen MR) is 147 cm³/mol. The van der Waals surface area contributed by atoms with E-state index in [1.165, 1.54) is 0 Å². The van der Waals surface area contributed by atoms with Crippen LogP contribution in [-0.2, 0) is 29.0 Å². The molecular formula is C30H28Cl2N2O2. The zero-order valence-corrected chi connectivity index (χ0v) is 21.6. The van der Waals surface area contributed by atoms with Gasteiger partial charge in [-0.3, -0.25) is 9.59 Å². The molecule has 0 fully saturated rings. The van der Waals surface area contributed by atoms with Gasteiger partial charge in [-0.1, -0.05) is 102 Å². The van der Waals surface area contributed by atoms with Crippen LogP contribution in [0.4, 0.5) is 0 Å². The van der Waals surface area contributed by atoms with Gasteiger partial charge in [-0.15, -0.1) is 0 Å². The Morgan fingerprint density at radius 1 is 0.833 bits per heavy atom. The van der Waals surface area contributed by atoms with E-state index in [0.717, 1.165) is 21.9 Å². The second kappa shape index (κ2) is 12.1. The molecule has 4 nitrogen and oxygen atoms in total. The van der Waals surface area contributed by atoms with E-state index in [1.807, 2.05) is 54.6 Å². The van der Waals surface area contributed by atoms with Crippen molar-refractivity contribution in [3.05, 3.63) is 118 Å². The number of amides is 2. The van der Waals surface area contributed by atoms with Crippen LogP contribution in [0.15, 0.2) is 91.0 Å². The summed E-state index contributed by atoms with van der Waals surface area (Å²) in [7, 11) is 1.58. The van der Waals surface area contributed by atoms with Gasteiger partial charge in [-0.05, 0) is 40.5 Å². The fraction of sp³-hybridized carbons (Fsp3) is 0.200. The van der Waals surface area contributed by atoms with Gasteiger partial charge >= 0.3 is 0 Å². The van der Waals surface area contributed by atoms with Crippen LogP contribution in [0.25, 0.3) is 10.8 Å². The average molecular weight is 519 g/mol. The summed E-state index contributed by atoms with van der Waals surface area (Å²) in [5.74, 6) is -0.371. The number of fused-ring (bicyclic) bond motifs is 1. The second-order valence-corrected chi connectivity index (χ2v) is 9.49. The van der Waals surface area contributed by atoms with Crippen molar-refractivity contribution in [2.45, 2.75) is 31.8 Å². The Kier molecular flexibility index (Phi) is 8.63. The molecule has 0 radical (unpaired) electrons. The molecule has 0 aliphatic heterocycles. The van der Waals surface area contributed by atoms with Gasteiger partial charge in [0.05, 0.1) is 0 Å². The predicted octanol–water partition coefficient (Wildman–Crippen LogP) is 6.47. The summed E-state index contributed by atoms with van der Waals surface area (Å²) < 4.78 is 0. The SMILES string of the molecule is CNC(=O)[C@H](Cc1ccccc1)N(Cc1c(Cl)cccc1Cl)C(=O)CCc1cccc2ccccc12. The van der Waals surface area contributed by atoms with Crippen LogP contribution < -0.4 is 5.32 Å². The van der Waals surface area contributed by atoms with Crippen LogP contribution in [-0.4, -0.2) is 29.8 Å². The number of rotatable bonds is 9. The Morgan fingerprint density at radius 2 is 1.47 bits per heavy atom. The summed E-state index contributed by atoms with van der Waals surface area (Å²) in [5.41, 5.74) is 2.68. The number of likely N-dealkylation sites (N-methyl/N-ethyl adjacent to an activating group) is 1. The number of nitrogens with one attached hydrogen (secondary N) is 1. The monoisotopic (exact) mass is 518 g/mol. The summed E-state index contributed by atoms with van der Waals surface area (Å²) in [5, 5.41) is 5.92. The Balaban J connectivity index is 1.66. The van der Waals surface area contributed by atoms with Crippen LogP contribution in [0.5, 0.6) is 0 Å². The van der Waals surface area contributed by atoms with Gasteiger partial charge in [0.2, 0.25) is 11.8 Å². The van der Waals surface area contributed by atoms with Crippen LogP contribution in [0.2, 0.25) is 10.0 Å². The van der Waals surface area contributed by atoms with E-state index in [1.54, 1.807) is 30.1 Å². The van der Waals surface area contributed by atoms with E-state index in [4.69, 9.17) is 23.2 Å². The van der Waals surface area contributed by atoms with Gasteiger partial charge in [0.1, 0.15) is 6.04 Å². The van der Waals surface area contributed by atoms with Crippen molar-refractivity contribution in [1.29, 1.82) is 0 Å². The van der Waals surface area contributed by atoms with Crippen LogP contribution in [0.1, 0.15) is 23.1 Å². The van der Waals surface area contributed by atoms with Crippen molar-refractivity contribution >= 4 is 45.8 Å². The number of carbonyl (C=O) groups is 2. The van der Waals surface area contributed by atoms with Gasteiger partial charge < -0.3 is 10.2 Å². The standard InChI is InChI=1S/C30H28Cl2N2O2/c1-33-30(36)28(19-21-9-3-2-4-10-21)34(20-25-26(31)15-8-16-27(25)32)29(35)18-17-23-13-7-12-22-11-5-6-14-24(22)23/h2-16,28H,17-20H2,1H3,(H,33,36)/t28-/m0/s1. The second-order valence-electron chi connectivity index (χ2n) is 8.68. The lowest BCUT2D eigenvalue weighted by molar-refractivity contribution is -0.141. The van der Waals surface area contributed by atoms with Gasteiger partial charge in [-0.25, -0.2) is 0 Å². The molecule has 0 aromatic heterocycles. The third kappa shape index (κ3) is 6.07. The van der Waals surface area contributed by atoms with Crippen LogP contribution >= 0.6 is 23.2 Å². The third-order valence-electron chi connectivity index (χ3n) is 6.40. The highest BCUT2D eigenvalue weighted by Crippen LogP contribution is 2.28. The molecule has 0 aliphatic rings. The Labute approximate surface area is 221 Å². The van der Waals surface area contributed by atoms with Gasteiger partial charge in [0.15, 0.2) is 0 Å². The zero-order chi connectivity index (χ0) is 25.5. The molecule has 6 heteroatoms. The smallest absolute Gasteiger partial charge is 0.242 e. The minimum atomic E-state index is -0.718. The lowest BCUT2D eigenvalue weighted by Crippen LogP contribution is -2.49. The number of halogens is 2. The van der Waals surface area contributed by atoms with Crippen molar-refractivity contribution in [2.24, 2.45) is 0 Å². The molecule has 0 heterocycles. The molecule has 0 saturated heterocycles. The van der Waals surface area contributed by atoms with E-state index in [-0.39, 0.29) is 24.8 Å². The number of benzene rings is 4. The maximum absolute atomic E-state index is 13.8. The van der Waals surface area contributed by atoms with E-state index in [2.05, 4.69) is 23.5 Å². The third-order valence-corrected chi connectivity index (χ3v) is 7.10. The van der Waals surface area contributed by atoms with Crippen molar-refractivity contribution in [3.8, 4) is 0 Å². The molecule has 184 valence electrons. The maximum atomic E-state index is 13.8. The molecule has 4 aromatic carbocycles. The number of nitrogens with zero attached hydrogens (tertiary/aromatic N) is 1. The summed E-state index contributed by atoms with van der Waals surface area (Å²) in [6.45, 7) is 0.137. The van der Waals surface area contributed by atoms with Gasteiger partial charge in [0.25, 0.3) is 0 Å². The van der Waals surface area contributed by atoms with Crippen LogP contribution in [0.3, 0.4) is 0 Å². The van der Waals surface area contributed by atoms with E-state index in [9.17, 15) is 9.59 Å². The molecule has 2 amide bonds. The zero-order valence-electron chi connectivity index (χ0n) is 20.1. The molecular weight excluding hydrogens is 491 g/mol. The van der Waals surface area contributed by atoms with Crippen molar-refractivity contribution in [1.82, 2.24) is 10.2 Å². The topological polar surface area (TPSA) is 49.4 Å². The molecule has 0 bridgehead atoms. The summed E-state index contributed by atoms with van der Waals surface area (Å²) >= 11 is 12.9. The molecule has 0 unspecified atom stereocenters. The summed E-state index contributed by atoms with van der Waals surface area (Å²) in [4.78, 5) is 28.5. The average Bonchev–Trinajstić information content (AvgIpc) is 2.90. The molecule has 4 rings (SSSR count). The Morgan fingerprint density at radius 3 is 2.19 bits per heavy atom. The first-order valence-corrected chi connectivity index (χ1v) is 12.7. The fourth-order valence-corrected chi connectivity index (χ4v) is 4.99. The number of aryl methyl sites for hydroxylation is 1. The highest BCUT2D eigenvalue weighted by molar-refractivity contribution is 6.36. The maximum Gasteiger partial charge on any atom is 0.242 e. The van der Waals surface area contributed by atoms with E-state index >= 15 is 0 Å². The van der Waals surface area contributed by atoms with Crippen molar-refractivity contribution < 1.29 is 9.59 Å². The van der Waals surface area contributed by atoms with Gasteiger partial charge in [0, 0.05) is 42.0 Å². The molecule has 0 aliphatic carbocycles. The highest BCUT2D eigenvalue weighted by Gasteiger charge is 2.30. The quantitative estimate of drug-likeness (QED) is 0.276. The molecule has 1 N–H and O–H groups in total. The Hall–Kier alpha value is -3.34. The lowest BCUT2D eigenvalue weighted by atomic mass is 9.99. The van der Waals surface area contributed by atoms with E-state index < -0.39 is 6.04 Å². The number of hydrogen-bond donors (Lipinski definition) is 1. The Bertz CT molecular complexity index is 1330. The summed E-state index contributed by atoms with van der Waals surface area (Å²) in [6, 6.07) is 28.5. The number of hydrogen-bond acceptors (Lipinski definition) is 2. The molecule has 0 saturated carbocycles. The van der Waals surface area contributed by atoms with Crippen LogP contribution in [0, 0.1) is 0 Å². The van der Waals surface area contributed by atoms with E-state index in [0.29, 0.717) is 28.5 Å². The summed E-state index contributed by atoms with van der Waals surface area (Å²) in [6.07, 6.45) is 1.18.